The van der Waals surface area contributed by atoms with Crippen molar-refractivity contribution in [3.63, 3.8) is 0 Å². The number of aromatic nitrogens is 2. The lowest BCUT2D eigenvalue weighted by atomic mass is 10.1. The van der Waals surface area contributed by atoms with Gasteiger partial charge in [-0.3, -0.25) is 4.98 Å². The number of hydrogen-bond donors (Lipinski definition) is 1. The van der Waals surface area contributed by atoms with Crippen molar-refractivity contribution < 1.29 is 0 Å². The first-order valence-electron chi connectivity index (χ1n) is 5.50. The van der Waals surface area contributed by atoms with Crippen molar-refractivity contribution in [3.8, 4) is 11.3 Å². The van der Waals surface area contributed by atoms with Gasteiger partial charge >= 0.3 is 0 Å². The van der Waals surface area contributed by atoms with Crippen LogP contribution < -0.4 is 5.73 Å². The molecule has 0 fully saturated rings. The van der Waals surface area contributed by atoms with Gasteiger partial charge in [-0.25, -0.2) is 4.98 Å². The maximum Gasteiger partial charge on any atom is 0.0761 e. The third kappa shape index (κ3) is 1.89. The largest absolute Gasteiger partial charge is 0.398 e. The van der Waals surface area contributed by atoms with Gasteiger partial charge < -0.3 is 5.73 Å². The Bertz CT molecular complexity index is 708. The number of nitrogen functional groups attached to an aromatic ring is 1. The molecule has 0 aliphatic rings. The van der Waals surface area contributed by atoms with E-state index in [1.165, 1.54) is 0 Å². The normalized spacial score (nSPS) is 10.7. The summed E-state index contributed by atoms with van der Waals surface area (Å²) >= 11 is 5.87. The van der Waals surface area contributed by atoms with Gasteiger partial charge in [-0.15, -0.1) is 0 Å². The van der Waals surface area contributed by atoms with Crippen molar-refractivity contribution in [3.05, 3.63) is 53.8 Å². The van der Waals surface area contributed by atoms with Gasteiger partial charge in [-0.2, -0.15) is 0 Å². The molecule has 0 spiro atoms. The first-order valence-corrected chi connectivity index (χ1v) is 5.88. The molecule has 18 heavy (non-hydrogen) atoms. The number of fused-ring (bicyclic) bond motifs is 1. The maximum atomic E-state index is 6.02. The number of nitrogens with two attached hydrogens (primary N) is 1. The Kier molecular flexibility index (Phi) is 2.61. The third-order valence-electron chi connectivity index (χ3n) is 2.78. The summed E-state index contributed by atoms with van der Waals surface area (Å²) in [7, 11) is 0. The molecule has 0 unspecified atom stereocenters. The molecule has 0 saturated heterocycles. The molecule has 88 valence electrons. The molecule has 4 heteroatoms. The van der Waals surface area contributed by atoms with Crippen LogP contribution in [0.1, 0.15) is 0 Å². The number of hydrogen-bond acceptors (Lipinski definition) is 3. The summed E-state index contributed by atoms with van der Waals surface area (Å²) < 4.78 is 0. The lowest BCUT2D eigenvalue weighted by Crippen LogP contribution is -1.93. The zero-order valence-corrected chi connectivity index (χ0v) is 10.2. The lowest BCUT2D eigenvalue weighted by molar-refractivity contribution is 1.32. The molecule has 0 aliphatic heterocycles. The molecule has 0 amide bonds. The van der Waals surface area contributed by atoms with Crippen molar-refractivity contribution in [2.45, 2.75) is 0 Å². The molecule has 0 aliphatic carbocycles. The molecule has 0 radical (unpaired) electrons. The van der Waals surface area contributed by atoms with Crippen LogP contribution in [0.2, 0.25) is 5.02 Å². The van der Waals surface area contributed by atoms with Gasteiger partial charge in [0.05, 0.1) is 11.2 Å². The molecule has 0 saturated carbocycles. The van der Waals surface area contributed by atoms with Crippen LogP contribution in [0.4, 0.5) is 5.69 Å². The van der Waals surface area contributed by atoms with E-state index in [2.05, 4.69) is 9.97 Å². The van der Waals surface area contributed by atoms with E-state index in [9.17, 15) is 0 Å². The van der Waals surface area contributed by atoms with Crippen molar-refractivity contribution >= 4 is 28.2 Å². The van der Waals surface area contributed by atoms with Crippen LogP contribution in [0.25, 0.3) is 22.2 Å². The summed E-state index contributed by atoms with van der Waals surface area (Å²) in [6.07, 6.45) is 3.43. The second-order valence-corrected chi connectivity index (χ2v) is 4.43. The van der Waals surface area contributed by atoms with Gasteiger partial charge in [0.15, 0.2) is 0 Å². The number of pyridine rings is 2. The zero-order valence-electron chi connectivity index (χ0n) is 9.47. The van der Waals surface area contributed by atoms with Crippen molar-refractivity contribution in [1.29, 1.82) is 0 Å². The predicted octanol–water partition coefficient (Wildman–Crippen LogP) is 3.53. The van der Waals surface area contributed by atoms with Gasteiger partial charge in [0, 0.05) is 34.1 Å². The van der Waals surface area contributed by atoms with Gasteiger partial charge in [-0.1, -0.05) is 23.7 Å². The van der Waals surface area contributed by atoms with Gasteiger partial charge in [0.1, 0.15) is 0 Å². The molecule has 0 bridgehead atoms. The summed E-state index contributed by atoms with van der Waals surface area (Å²) in [5.74, 6) is 0. The van der Waals surface area contributed by atoms with E-state index in [1.807, 2.05) is 36.4 Å². The molecule has 3 aromatic rings. The third-order valence-corrected chi connectivity index (χ3v) is 3.03. The van der Waals surface area contributed by atoms with Crippen LogP contribution in [0, 0.1) is 0 Å². The van der Waals surface area contributed by atoms with E-state index in [1.54, 1.807) is 12.4 Å². The molecule has 2 N–H and O–H groups in total. The fraction of sp³-hybridized carbons (Fsp3) is 0. The molecule has 0 atom stereocenters. The van der Waals surface area contributed by atoms with Crippen LogP contribution in [-0.4, -0.2) is 9.97 Å². The van der Waals surface area contributed by atoms with Crippen LogP contribution in [0.5, 0.6) is 0 Å². The standard InChI is InChI=1S/C14H10ClN3/c15-10-3-1-9(2-4-10)14-7-12(16)11-8-17-6-5-13(11)18-14/h1-8H,(H2,16,18). The molecule has 1 aromatic carbocycles. The predicted molar refractivity (Wildman–Crippen MR) is 74.4 cm³/mol. The second-order valence-electron chi connectivity index (χ2n) is 4.00. The minimum absolute atomic E-state index is 0.679. The highest BCUT2D eigenvalue weighted by molar-refractivity contribution is 6.30. The zero-order chi connectivity index (χ0) is 12.5. The minimum atomic E-state index is 0.679. The fourth-order valence-corrected chi connectivity index (χ4v) is 1.99. The minimum Gasteiger partial charge on any atom is -0.398 e. The van der Waals surface area contributed by atoms with Crippen molar-refractivity contribution in [1.82, 2.24) is 9.97 Å². The van der Waals surface area contributed by atoms with E-state index < -0.39 is 0 Å². The van der Waals surface area contributed by atoms with E-state index in [0.717, 1.165) is 22.2 Å². The smallest absolute Gasteiger partial charge is 0.0761 e. The Morgan fingerprint density at radius 1 is 1.06 bits per heavy atom. The van der Waals surface area contributed by atoms with E-state index >= 15 is 0 Å². The van der Waals surface area contributed by atoms with Crippen molar-refractivity contribution in [2.75, 3.05) is 5.73 Å². The quantitative estimate of drug-likeness (QED) is 0.724. The summed E-state index contributed by atoms with van der Waals surface area (Å²) in [6, 6.07) is 11.2. The van der Waals surface area contributed by atoms with Gasteiger partial charge in [0.25, 0.3) is 0 Å². The highest BCUT2D eigenvalue weighted by Gasteiger charge is 2.05. The summed E-state index contributed by atoms with van der Waals surface area (Å²) in [6.45, 7) is 0. The maximum absolute atomic E-state index is 6.02. The Morgan fingerprint density at radius 3 is 2.61 bits per heavy atom. The van der Waals surface area contributed by atoms with Crippen LogP contribution in [0.15, 0.2) is 48.8 Å². The monoisotopic (exact) mass is 255 g/mol. The highest BCUT2D eigenvalue weighted by atomic mass is 35.5. The SMILES string of the molecule is Nc1cc(-c2ccc(Cl)cc2)nc2ccncc12. The second kappa shape index (κ2) is 4.27. The fourth-order valence-electron chi connectivity index (χ4n) is 1.86. The number of rotatable bonds is 1. The Labute approximate surface area is 109 Å². The molecule has 2 heterocycles. The van der Waals surface area contributed by atoms with E-state index in [-0.39, 0.29) is 0 Å². The number of benzene rings is 1. The summed E-state index contributed by atoms with van der Waals surface area (Å²) in [5, 5.41) is 1.58. The van der Waals surface area contributed by atoms with E-state index in [4.69, 9.17) is 17.3 Å². The number of halogens is 1. The van der Waals surface area contributed by atoms with Gasteiger partial charge in [0.2, 0.25) is 0 Å². The lowest BCUT2D eigenvalue weighted by Gasteiger charge is -2.06. The van der Waals surface area contributed by atoms with Crippen molar-refractivity contribution in [2.24, 2.45) is 0 Å². The highest BCUT2D eigenvalue weighted by Crippen LogP contribution is 2.26. The number of anilines is 1. The Hall–Kier alpha value is -2.13. The molecular formula is C14H10ClN3. The average Bonchev–Trinajstić information content (AvgIpc) is 2.39. The van der Waals surface area contributed by atoms with Crippen LogP contribution >= 0.6 is 11.6 Å². The van der Waals surface area contributed by atoms with Gasteiger partial charge in [-0.05, 0) is 24.3 Å². The average molecular weight is 256 g/mol. The Balaban J connectivity index is 2.21. The van der Waals surface area contributed by atoms with Crippen LogP contribution in [0.3, 0.4) is 0 Å². The van der Waals surface area contributed by atoms with E-state index in [0.29, 0.717) is 10.7 Å². The molecule has 3 nitrogen and oxygen atoms in total. The molecular weight excluding hydrogens is 246 g/mol. The summed E-state index contributed by atoms with van der Waals surface area (Å²) in [5.41, 5.74) is 9.37. The molecule has 2 aromatic heterocycles. The van der Waals surface area contributed by atoms with Crippen LogP contribution in [-0.2, 0) is 0 Å². The Morgan fingerprint density at radius 2 is 1.83 bits per heavy atom. The molecule has 3 rings (SSSR count). The number of nitrogens with zero attached hydrogens (tertiary/aromatic N) is 2. The topological polar surface area (TPSA) is 51.8 Å². The summed E-state index contributed by atoms with van der Waals surface area (Å²) in [4.78, 5) is 8.62. The first kappa shape index (κ1) is 11.0. The first-order chi connectivity index (χ1) is 8.74.